The lowest BCUT2D eigenvalue weighted by Crippen LogP contribution is -3.24. The van der Waals surface area contributed by atoms with Crippen LogP contribution in [0.4, 0.5) is 0 Å². The van der Waals surface area contributed by atoms with Gasteiger partial charge in [0.05, 0.1) is 0 Å². The van der Waals surface area contributed by atoms with Crippen molar-refractivity contribution in [1.29, 1.82) is 0 Å². The van der Waals surface area contributed by atoms with Crippen molar-refractivity contribution < 1.29 is 0 Å². The lowest BCUT2D eigenvalue weighted by molar-refractivity contribution is -0.802. The molecule has 0 saturated heterocycles. The molecule has 18 saturated carbocycles. The van der Waals surface area contributed by atoms with Crippen LogP contribution in [-0.4, -0.2) is 0 Å². The minimum Gasteiger partial charge on any atom is -0.0622 e. The number of rotatable bonds is 3. The fourth-order valence-corrected chi connectivity index (χ4v) is 21.3. The summed E-state index contributed by atoms with van der Waals surface area (Å²) in [4.78, 5) is 0. The minimum atomic E-state index is 0.748. The molecule has 144 valence electrons. The highest BCUT2D eigenvalue weighted by atomic mass is 15.3. The largest absolute Gasteiger partial charge is 0.0622 e. The quantitative estimate of drug-likeness (QED) is 0.744. The molecule has 0 aromatic heterocycles. The van der Waals surface area contributed by atoms with Gasteiger partial charge < -0.3 is 0 Å². The van der Waals surface area contributed by atoms with Gasteiger partial charge in [-0.25, -0.2) is 0 Å². The molecule has 0 bridgehead atoms. The molecule has 0 heterocycles. The molecule has 0 N–H and O–H groups in total. The van der Waals surface area contributed by atoms with Gasteiger partial charge in [0.1, 0.15) is 0 Å². The monoisotopic (exact) mass is 384 g/mol. The Morgan fingerprint density at radius 1 is 0.367 bits per heavy atom. The average molecular weight is 385 g/mol. The normalized spacial score (nSPS) is 102. The van der Waals surface area contributed by atoms with Crippen LogP contribution in [0.25, 0.3) is 0 Å². The Bertz CT molecular complexity index is 1220. The van der Waals surface area contributed by atoms with Crippen molar-refractivity contribution in [2.75, 3.05) is 0 Å². The third kappa shape index (κ3) is 0.444. The van der Waals surface area contributed by atoms with Crippen LogP contribution in [0.15, 0.2) is 30.3 Å². The summed E-state index contributed by atoms with van der Waals surface area (Å²) in [6.45, 7) is 0. The summed E-state index contributed by atoms with van der Waals surface area (Å²) in [6.07, 6.45) is 0. The Morgan fingerprint density at radius 3 is 1.17 bits per heavy atom. The molecule has 0 spiro atoms. The summed E-state index contributed by atoms with van der Waals surface area (Å²) in [5, 5.41) is 0. The van der Waals surface area contributed by atoms with E-state index in [1.54, 1.807) is 5.56 Å². The zero-order valence-corrected chi connectivity index (χ0v) is 16.9. The maximum Gasteiger partial charge on any atom is 0.00554 e. The first kappa shape index (κ1) is 11.9. The first-order valence-corrected chi connectivity index (χ1v) is 14.0. The fraction of sp³-hybridized carbons (Fsp3) is 0.800. The molecule has 0 heteroatoms. The zero-order chi connectivity index (χ0) is 17.6. The second kappa shape index (κ2) is 2.36. The zero-order valence-electron chi connectivity index (χ0n) is 16.9. The Morgan fingerprint density at radius 2 is 0.733 bits per heavy atom. The summed E-state index contributed by atoms with van der Waals surface area (Å²) < 4.78 is 0. The molecule has 18 aliphatic carbocycles. The standard InChI is InChI=1S/C30H24/c1-2-4-6(5-3-1)26-14-17-15(26)19-16(26)18(14)28(17,19)30-23-20-24(30)22-25(30)21(23)29(20,22)27-11-8-7-9(11)13(27)10(7)12(8)27/h1-5,7-25H. The van der Waals surface area contributed by atoms with Crippen LogP contribution < -0.4 is 0 Å². The summed E-state index contributed by atoms with van der Waals surface area (Å²) in [5.74, 6) is 24.7. The average Bonchev–Trinajstić information content (AvgIpc) is 2.84. The Hall–Kier alpha value is -0.780. The van der Waals surface area contributed by atoms with Crippen molar-refractivity contribution in [3.8, 4) is 0 Å². The number of hydrogen-bond acceptors (Lipinski definition) is 0. The summed E-state index contributed by atoms with van der Waals surface area (Å²) in [7, 11) is 0. The Balaban J connectivity index is 0.837. The van der Waals surface area contributed by atoms with Gasteiger partial charge in [0.25, 0.3) is 0 Å². The van der Waals surface area contributed by atoms with E-state index < -0.39 is 0 Å². The van der Waals surface area contributed by atoms with Gasteiger partial charge in [-0.1, -0.05) is 30.3 Å². The van der Waals surface area contributed by atoms with E-state index in [1.807, 2.05) is 0 Å². The van der Waals surface area contributed by atoms with E-state index in [9.17, 15) is 0 Å². The van der Waals surface area contributed by atoms with E-state index in [-0.39, 0.29) is 0 Å². The third-order valence-corrected chi connectivity index (χ3v) is 19.5. The predicted molar refractivity (Wildman–Crippen MR) is 104 cm³/mol. The lowest BCUT2D eigenvalue weighted by atomic mass is 8.77. The van der Waals surface area contributed by atoms with Crippen molar-refractivity contribution in [3.63, 3.8) is 0 Å². The van der Waals surface area contributed by atoms with Crippen molar-refractivity contribution in [2.45, 2.75) is 5.41 Å². The third-order valence-electron chi connectivity index (χ3n) is 19.5. The molecule has 30 heavy (non-hydrogen) atoms. The SMILES string of the molecule is c1ccc(C23C4C5C2C2C3C4C52C23C4C5C2C2C3C4C52C23C4C5C6C4C2C6C53)cc1. The highest BCUT2D eigenvalue weighted by molar-refractivity contribution is 5.72. The van der Waals surface area contributed by atoms with Crippen LogP contribution in [0.2, 0.25) is 0 Å². The smallest absolute Gasteiger partial charge is 0.00554 e. The van der Waals surface area contributed by atoms with Gasteiger partial charge in [-0.15, -0.1) is 0 Å². The summed E-state index contributed by atoms with van der Waals surface area (Å²) >= 11 is 0. The van der Waals surface area contributed by atoms with Gasteiger partial charge in [0.2, 0.25) is 0 Å². The fourth-order valence-electron chi connectivity index (χ4n) is 21.3. The van der Waals surface area contributed by atoms with Crippen LogP contribution in [0.1, 0.15) is 5.56 Å². The van der Waals surface area contributed by atoms with Crippen LogP contribution in [0.3, 0.4) is 0 Å². The molecule has 0 amide bonds. The van der Waals surface area contributed by atoms with E-state index in [4.69, 9.17) is 0 Å². The minimum absolute atomic E-state index is 0.748. The van der Waals surface area contributed by atoms with Crippen LogP contribution >= 0.6 is 0 Å². The maximum absolute atomic E-state index is 2.51. The van der Waals surface area contributed by atoms with Gasteiger partial charge in [0, 0.05) is 5.41 Å². The van der Waals surface area contributed by atoms with E-state index in [2.05, 4.69) is 30.3 Å². The molecule has 19 rings (SSSR count). The highest BCUT2D eigenvalue weighted by Gasteiger charge is 3.24. The molecule has 1 aromatic carbocycles. The second-order valence-electron chi connectivity index (χ2n) is 16.2. The van der Waals surface area contributed by atoms with Crippen LogP contribution in [0, 0.1) is 134 Å². The van der Waals surface area contributed by atoms with Crippen molar-refractivity contribution in [3.05, 3.63) is 35.9 Å². The van der Waals surface area contributed by atoms with Gasteiger partial charge in [-0.05, 0) is 140 Å². The molecule has 0 atom stereocenters. The van der Waals surface area contributed by atoms with E-state index in [1.165, 1.54) is 112 Å². The molecule has 0 radical (unpaired) electrons. The maximum atomic E-state index is 2.51. The van der Waals surface area contributed by atoms with Gasteiger partial charge in [-0.2, -0.15) is 0 Å². The molecule has 18 aliphatic rings. The molecule has 0 aliphatic heterocycles. The van der Waals surface area contributed by atoms with Crippen molar-refractivity contribution in [2.24, 2.45) is 134 Å². The predicted octanol–water partition coefficient (Wildman–Crippen LogP) is 3.78. The molecule has 0 unspecified atom stereocenters. The Kier molecular flexibility index (Phi) is 0.934. The van der Waals surface area contributed by atoms with Gasteiger partial charge in [0.15, 0.2) is 0 Å². The molecular formula is C30H24. The van der Waals surface area contributed by atoms with Crippen molar-refractivity contribution in [1.82, 2.24) is 0 Å². The van der Waals surface area contributed by atoms with E-state index in [0.29, 0.717) is 0 Å². The van der Waals surface area contributed by atoms with E-state index >= 15 is 0 Å². The summed E-state index contributed by atoms with van der Waals surface area (Å²) in [6, 6.07) is 11.9. The van der Waals surface area contributed by atoms with Gasteiger partial charge >= 0.3 is 0 Å². The first-order chi connectivity index (χ1) is 14.9. The molecule has 18 fully saturated rings. The summed E-state index contributed by atoms with van der Waals surface area (Å²) in [5.41, 5.74) is 6.69. The highest BCUT2D eigenvalue weighted by Crippen LogP contribution is 3.26. The Labute approximate surface area is 175 Å². The van der Waals surface area contributed by atoms with Crippen molar-refractivity contribution >= 4 is 0 Å². The number of hydrogen-bond donors (Lipinski definition) is 0. The van der Waals surface area contributed by atoms with Gasteiger partial charge in [-0.3, -0.25) is 0 Å². The second-order valence-corrected chi connectivity index (χ2v) is 16.2. The van der Waals surface area contributed by atoms with E-state index in [0.717, 1.165) is 27.1 Å². The first-order valence-electron chi connectivity index (χ1n) is 14.0. The number of benzene rings is 1. The molecule has 0 nitrogen and oxygen atoms in total. The lowest BCUT2D eigenvalue weighted by Gasteiger charge is -3.26. The van der Waals surface area contributed by atoms with Crippen LogP contribution in [0.5, 0.6) is 0 Å². The topological polar surface area (TPSA) is 0 Å². The molecule has 1 aromatic rings. The molecular weight excluding hydrogens is 360 g/mol. The van der Waals surface area contributed by atoms with Crippen LogP contribution in [-0.2, 0) is 5.41 Å².